The molecule has 2 nitrogen and oxygen atoms in total. The van der Waals surface area contributed by atoms with E-state index in [1.165, 1.54) is 12.3 Å². The van der Waals surface area contributed by atoms with Gasteiger partial charge in [0.25, 0.3) is 0 Å². The zero-order valence-electron chi connectivity index (χ0n) is 8.90. The second-order valence-corrected chi connectivity index (χ2v) is 4.31. The van der Waals surface area contributed by atoms with E-state index >= 15 is 0 Å². The minimum Gasteiger partial charge on any atom is -0.279 e. The van der Waals surface area contributed by atoms with Gasteiger partial charge < -0.3 is 0 Å². The summed E-state index contributed by atoms with van der Waals surface area (Å²) in [5, 5.41) is 3.97. The fourth-order valence-electron chi connectivity index (χ4n) is 1.28. The number of anilines is 1. The second-order valence-electron chi connectivity index (χ2n) is 3.40. The molecule has 0 heterocycles. The lowest BCUT2D eigenvalue weighted by atomic mass is 10.2. The summed E-state index contributed by atoms with van der Waals surface area (Å²) in [4.78, 5) is 0. The van der Waals surface area contributed by atoms with Gasteiger partial charge in [0.05, 0.1) is 11.9 Å². The van der Waals surface area contributed by atoms with Crippen LogP contribution in [-0.4, -0.2) is 6.21 Å². The van der Waals surface area contributed by atoms with Crippen LogP contribution in [0.5, 0.6) is 0 Å². The minimum absolute atomic E-state index is 0.283. The van der Waals surface area contributed by atoms with Gasteiger partial charge in [0.1, 0.15) is 5.82 Å². The predicted octanol–water partition coefficient (Wildman–Crippen LogP) is 4.03. The van der Waals surface area contributed by atoms with E-state index in [4.69, 9.17) is 0 Å². The maximum atomic E-state index is 13.2. The number of nitrogens with one attached hydrogen (secondary N) is 1. The number of hydrogen-bond acceptors (Lipinski definition) is 2. The molecular weight excluding hydrogens is 283 g/mol. The quantitative estimate of drug-likeness (QED) is 0.670. The summed E-state index contributed by atoms with van der Waals surface area (Å²) < 4.78 is 14.2. The molecule has 0 bridgehead atoms. The Bertz CT molecular complexity index is 523. The Hall–Kier alpha value is -1.68. The zero-order chi connectivity index (χ0) is 12.1. The third-order valence-corrected chi connectivity index (χ3v) is 2.68. The molecular formula is C13H10BrFN2. The van der Waals surface area contributed by atoms with Crippen LogP contribution in [0, 0.1) is 5.82 Å². The summed E-state index contributed by atoms with van der Waals surface area (Å²) in [6.07, 6.45) is 1.46. The van der Waals surface area contributed by atoms with Crippen molar-refractivity contribution in [1.82, 2.24) is 0 Å². The minimum atomic E-state index is -0.283. The van der Waals surface area contributed by atoms with E-state index in [0.717, 1.165) is 10.2 Å². The maximum Gasteiger partial charge on any atom is 0.132 e. The predicted molar refractivity (Wildman–Crippen MR) is 71.8 cm³/mol. The van der Waals surface area contributed by atoms with E-state index in [2.05, 4.69) is 26.5 Å². The molecule has 0 aromatic heterocycles. The smallest absolute Gasteiger partial charge is 0.132 e. The van der Waals surface area contributed by atoms with Gasteiger partial charge in [0.2, 0.25) is 0 Å². The molecule has 0 aliphatic heterocycles. The van der Waals surface area contributed by atoms with Crippen molar-refractivity contribution in [1.29, 1.82) is 0 Å². The van der Waals surface area contributed by atoms with E-state index in [1.54, 1.807) is 18.2 Å². The monoisotopic (exact) mass is 292 g/mol. The molecule has 2 aromatic rings. The molecule has 0 fully saturated rings. The van der Waals surface area contributed by atoms with E-state index < -0.39 is 0 Å². The van der Waals surface area contributed by atoms with Crippen LogP contribution in [0.1, 0.15) is 5.56 Å². The average molecular weight is 293 g/mol. The lowest BCUT2D eigenvalue weighted by Gasteiger charge is -2.00. The molecule has 0 saturated carbocycles. The normalized spacial score (nSPS) is 10.7. The van der Waals surface area contributed by atoms with E-state index in [9.17, 15) is 4.39 Å². The first-order chi connectivity index (χ1) is 8.25. The number of nitrogens with zero attached hydrogens (tertiary/aromatic N) is 1. The number of halogens is 2. The van der Waals surface area contributed by atoms with E-state index in [0.29, 0.717) is 5.56 Å². The van der Waals surface area contributed by atoms with Crippen molar-refractivity contribution in [3.05, 3.63) is 64.4 Å². The van der Waals surface area contributed by atoms with Gasteiger partial charge in [-0.05, 0) is 30.3 Å². The number of hydrogen-bond donors (Lipinski definition) is 1. The van der Waals surface area contributed by atoms with Crippen LogP contribution in [0.2, 0.25) is 0 Å². The largest absolute Gasteiger partial charge is 0.279 e. The number of hydrazone groups is 1. The summed E-state index contributed by atoms with van der Waals surface area (Å²) in [6, 6.07) is 14.1. The molecule has 0 atom stereocenters. The molecule has 86 valence electrons. The Morgan fingerprint density at radius 3 is 2.47 bits per heavy atom. The molecule has 0 aliphatic rings. The Morgan fingerprint density at radius 2 is 1.76 bits per heavy atom. The van der Waals surface area contributed by atoms with Crippen molar-refractivity contribution in [3.63, 3.8) is 0 Å². The van der Waals surface area contributed by atoms with Crippen molar-refractivity contribution >= 4 is 27.8 Å². The second kappa shape index (κ2) is 5.59. The third kappa shape index (κ3) is 3.39. The molecule has 0 amide bonds. The van der Waals surface area contributed by atoms with E-state index in [1.807, 2.05) is 24.3 Å². The Labute approximate surface area is 107 Å². The Morgan fingerprint density at radius 1 is 1.06 bits per heavy atom. The van der Waals surface area contributed by atoms with Gasteiger partial charge >= 0.3 is 0 Å². The van der Waals surface area contributed by atoms with Gasteiger partial charge in [-0.3, -0.25) is 5.43 Å². The van der Waals surface area contributed by atoms with Crippen molar-refractivity contribution in [2.45, 2.75) is 0 Å². The molecule has 0 aliphatic carbocycles. The molecule has 2 rings (SSSR count). The molecule has 0 radical (unpaired) electrons. The van der Waals surface area contributed by atoms with Gasteiger partial charge in [-0.2, -0.15) is 5.10 Å². The molecule has 0 unspecified atom stereocenters. The van der Waals surface area contributed by atoms with Crippen molar-refractivity contribution in [2.75, 3.05) is 5.43 Å². The van der Waals surface area contributed by atoms with Crippen LogP contribution < -0.4 is 5.43 Å². The summed E-state index contributed by atoms with van der Waals surface area (Å²) in [7, 11) is 0. The van der Waals surface area contributed by atoms with Gasteiger partial charge in [0.15, 0.2) is 0 Å². The zero-order valence-corrected chi connectivity index (χ0v) is 10.5. The van der Waals surface area contributed by atoms with Crippen LogP contribution in [0.25, 0.3) is 0 Å². The SMILES string of the molecule is Fc1ccccc1/C=N/Nc1ccc(Br)cc1. The first-order valence-corrected chi connectivity index (χ1v) is 5.84. The lowest BCUT2D eigenvalue weighted by Crippen LogP contribution is -1.92. The Kier molecular flexibility index (Phi) is 3.88. The van der Waals surface area contributed by atoms with Gasteiger partial charge in [-0.15, -0.1) is 0 Å². The fraction of sp³-hybridized carbons (Fsp3) is 0. The average Bonchev–Trinajstić information content (AvgIpc) is 2.34. The lowest BCUT2D eigenvalue weighted by molar-refractivity contribution is 0.626. The van der Waals surface area contributed by atoms with E-state index in [-0.39, 0.29) is 5.82 Å². The van der Waals surface area contributed by atoms with Crippen LogP contribution in [0.4, 0.5) is 10.1 Å². The summed E-state index contributed by atoms with van der Waals surface area (Å²) in [5.74, 6) is -0.283. The number of benzene rings is 2. The van der Waals surface area contributed by atoms with Crippen molar-refractivity contribution in [2.24, 2.45) is 5.10 Å². The molecule has 17 heavy (non-hydrogen) atoms. The number of rotatable bonds is 3. The van der Waals surface area contributed by atoms with Crippen LogP contribution in [-0.2, 0) is 0 Å². The standard InChI is InChI=1S/C13H10BrFN2/c14-11-5-7-12(8-6-11)17-16-9-10-3-1-2-4-13(10)15/h1-9,17H/b16-9+. The van der Waals surface area contributed by atoms with Crippen LogP contribution in [0.3, 0.4) is 0 Å². The fourth-order valence-corrected chi connectivity index (χ4v) is 1.54. The highest BCUT2D eigenvalue weighted by Gasteiger charge is 1.95. The summed E-state index contributed by atoms with van der Waals surface area (Å²) in [6.45, 7) is 0. The molecule has 4 heteroatoms. The Balaban J connectivity index is 2.03. The van der Waals surface area contributed by atoms with Crippen LogP contribution in [0.15, 0.2) is 58.1 Å². The molecule has 0 spiro atoms. The van der Waals surface area contributed by atoms with Crippen LogP contribution >= 0.6 is 15.9 Å². The summed E-state index contributed by atoms with van der Waals surface area (Å²) in [5.41, 5.74) is 4.13. The van der Waals surface area contributed by atoms with Gasteiger partial charge in [-0.1, -0.05) is 34.1 Å². The highest BCUT2D eigenvalue weighted by molar-refractivity contribution is 9.10. The van der Waals surface area contributed by atoms with Gasteiger partial charge in [0, 0.05) is 10.0 Å². The molecule has 0 saturated heterocycles. The highest BCUT2D eigenvalue weighted by Crippen LogP contribution is 2.14. The molecule has 1 N–H and O–H groups in total. The van der Waals surface area contributed by atoms with Crippen molar-refractivity contribution < 1.29 is 4.39 Å². The topological polar surface area (TPSA) is 24.4 Å². The first-order valence-electron chi connectivity index (χ1n) is 5.05. The maximum absolute atomic E-state index is 13.2. The first kappa shape index (κ1) is 11.8. The van der Waals surface area contributed by atoms with Gasteiger partial charge in [-0.25, -0.2) is 4.39 Å². The summed E-state index contributed by atoms with van der Waals surface area (Å²) >= 11 is 3.34. The third-order valence-electron chi connectivity index (χ3n) is 2.15. The highest BCUT2D eigenvalue weighted by atomic mass is 79.9. The molecule has 2 aromatic carbocycles. The van der Waals surface area contributed by atoms with Crippen molar-refractivity contribution in [3.8, 4) is 0 Å².